The predicted octanol–water partition coefficient (Wildman–Crippen LogP) is 3.51. The lowest BCUT2D eigenvalue weighted by Gasteiger charge is -2.21. The van der Waals surface area contributed by atoms with Gasteiger partial charge in [0.05, 0.1) is 10.7 Å². The van der Waals surface area contributed by atoms with Gasteiger partial charge in [-0.3, -0.25) is 0 Å². The molecule has 0 aliphatic heterocycles. The third kappa shape index (κ3) is 2.86. The molecule has 104 valence electrons. The van der Waals surface area contributed by atoms with Crippen LogP contribution < -0.4 is 10.6 Å². The van der Waals surface area contributed by atoms with Crippen LogP contribution in [0.5, 0.6) is 0 Å². The van der Waals surface area contributed by atoms with E-state index in [1.807, 2.05) is 49.2 Å². The van der Waals surface area contributed by atoms with E-state index in [0.717, 1.165) is 11.4 Å². The average molecular weight is 290 g/mol. The number of nitrogens with two attached hydrogens (primary N) is 1. The maximum atomic E-state index is 8.67. The van der Waals surface area contributed by atoms with Crippen molar-refractivity contribution >= 4 is 28.8 Å². The Morgan fingerprint density at radius 2 is 1.85 bits per heavy atom. The van der Waals surface area contributed by atoms with Gasteiger partial charge in [-0.25, -0.2) is 0 Å². The molecule has 0 amide bonds. The first-order valence-electron chi connectivity index (χ1n) is 6.11. The topological polar surface area (TPSA) is 61.8 Å². The molecule has 0 aromatic heterocycles. The fraction of sp³-hybridized carbons (Fsp3) is 0.133. The Bertz CT molecular complexity index is 638. The molecule has 3 N–H and O–H groups in total. The van der Waals surface area contributed by atoms with Crippen molar-refractivity contribution in [1.82, 2.24) is 0 Å². The second kappa shape index (κ2) is 5.84. The van der Waals surface area contributed by atoms with Gasteiger partial charge < -0.3 is 15.8 Å². The van der Waals surface area contributed by atoms with E-state index >= 15 is 0 Å². The third-order valence-corrected chi connectivity index (χ3v) is 3.44. The Labute approximate surface area is 123 Å². The van der Waals surface area contributed by atoms with E-state index in [1.165, 1.54) is 5.56 Å². The predicted molar refractivity (Wildman–Crippen MR) is 83.2 cm³/mol. The quantitative estimate of drug-likeness (QED) is 0.393. The van der Waals surface area contributed by atoms with Crippen LogP contribution in [0, 0.1) is 6.92 Å². The zero-order chi connectivity index (χ0) is 14.7. The van der Waals surface area contributed by atoms with Gasteiger partial charge in [-0.15, -0.1) is 0 Å². The fourth-order valence-electron chi connectivity index (χ4n) is 1.90. The molecule has 0 saturated heterocycles. The molecule has 0 bridgehead atoms. The van der Waals surface area contributed by atoms with Crippen molar-refractivity contribution in [3.63, 3.8) is 0 Å². The van der Waals surface area contributed by atoms with Crippen LogP contribution in [-0.4, -0.2) is 18.1 Å². The molecule has 0 radical (unpaired) electrons. The van der Waals surface area contributed by atoms with Crippen LogP contribution in [0.2, 0.25) is 5.02 Å². The van der Waals surface area contributed by atoms with Gasteiger partial charge in [0.1, 0.15) is 0 Å². The van der Waals surface area contributed by atoms with Crippen molar-refractivity contribution in [1.29, 1.82) is 0 Å². The van der Waals surface area contributed by atoms with Crippen LogP contribution >= 0.6 is 11.6 Å². The highest BCUT2D eigenvalue weighted by molar-refractivity contribution is 6.33. The second-order valence-corrected chi connectivity index (χ2v) is 4.95. The van der Waals surface area contributed by atoms with Gasteiger partial charge in [-0.1, -0.05) is 34.5 Å². The number of oxime groups is 1. The number of halogens is 1. The van der Waals surface area contributed by atoms with E-state index < -0.39 is 0 Å². The number of rotatable bonds is 3. The smallest absolute Gasteiger partial charge is 0.170 e. The first-order chi connectivity index (χ1) is 9.52. The number of hydrogen-bond acceptors (Lipinski definition) is 3. The molecule has 0 fully saturated rings. The van der Waals surface area contributed by atoms with Crippen molar-refractivity contribution in [3.8, 4) is 0 Å². The molecular weight excluding hydrogens is 274 g/mol. The fourth-order valence-corrected chi connectivity index (χ4v) is 2.21. The number of hydrogen-bond donors (Lipinski definition) is 2. The highest BCUT2D eigenvalue weighted by Gasteiger charge is 2.10. The molecule has 5 heteroatoms. The van der Waals surface area contributed by atoms with Gasteiger partial charge in [0.2, 0.25) is 0 Å². The first kappa shape index (κ1) is 14.2. The average Bonchev–Trinajstić information content (AvgIpc) is 2.46. The molecular formula is C15H16ClN3O. The molecule has 0 aliphatic carbocycles. The van der Waals surface area contributed by atoms with Crippen LogP contribution in [-0.2, 0) is 0 Å². The molecule has 2 aromatic carbocycles. The number of aryl methyl sites for hydroxylation is 1. The van der Waals surface area contributed by atoms with Crippen molar-refractivity contribution < 1.29 is 5.21 Å². The monoisotopic (exact) mass is 289 g/mol. The van der Waals surface area contributed by atoms with Gasteiger partial charge in [0.15, 0.2) is 5.84 Å². The van der Waals surface area contributed by atoms with Crippen LogP contribution in [0.1, 0.15) is 11.1 Å². The van der Waals surface area contributed by atoms with E-state index in [0.29, 0.717) is 10.6 Å². The zero-order valence-corrected chi connectivity index (χ0v) is 12.1. The van der Waals surface area contributed by atoms with Crippen LogP contribution in [0.3, 0.4) is 0 Å². The largest absolute Gasteiger partial charge is 0.409 e. The second-order valence-electron chi connectivity index (χ2n) is 4.55. The van der Waals surface area contributed by atoms with E-state index in [4.69, 9.17) is 22.5 Å². The number of amidine groups is 1. The summed E-state index contributed by atoms with van der Waals surface area (Å²) >= 11 is 6.27. The van der Waals surface area contributed by atoms with Crippen molar-refractivity contribution in [2.75, 3.05) is 11.9 Å². The summed E-state index contributed by atoms with van der Waals surface area (Å²) in [6, 6.07) is 13.4. The SMILES string of the molecule is Cc1ccc(N(C)c2ccc(C(N)=NO)cc2Cl)cc1. The van der Waals surface area contributed by atoms with Gasteiger partial charge in [-0.05, 0) is 37.3 Å². The number of anilines is 2. The summed E-state index contributed by atoms with van der Waals surface area (Å²) < 4.78 is 0. The van der Waals surface area contributed by atoms with Crippen LogP contribution in [0.15, 0.2) is 47.6 Å². The molecule has 0 heterocycles. The van der Waals surface area contributed by atoms with E-state index in [-0.39, 0.29) is 5.84 Å². The summed E-state index contributed by atoms with van der Waals surface area (Å²) in [5.41, 5.74) is 9.22. The minimum absolute atomic E-state index is 0.0384. The number of benzene rings is 2. The Morgan fingerprint density at radius 3 is 2.40 bits per heavy atom. The Morgan fingerprint density at radius 1 is 1.20 bits per heavy atom. The molecule has 2 rings (SSSR count). The van der Waals surface area contributed by atoms with Crippen molar-refractivity contribution in [3.05, 3.63) is 58.6 Å². The van der Waals surface area contributed by atoms with Crippen LogP contribution in [0.25, 0.3) is 0 Å². The minimum Gasteiger partial charge on any atom is -0.409 e. The third-order valence-electron chi connectivity index (χ3n) is 3.13. The Hall–Kier alpha value is -2.20. The summed E-state index contributed by atoms with van der Waals surface area (Å²) in [6.45, 7) is 2.04. The minimum atomic E-state index is 0.0384. The standard InChI is InChI=1S/C15H16ClN3O/c1-10-3-6-12(7-4-10)19(2)14-8-5-11(9-13(14)16)15(17)18-20/h3-9,20H,1-2H3,(H2,17,18). The molecule has 0 saturated carbocycles. The molecule has 20 heavy (non-hydrogen) atoms. The highest BCUT2D eigenvalue weighted by atomic mass is 35.5. The van der Waals surface area contributed by atoms with Crippen molar-refractivity contribution in [2.24, 2.45) is 10.9 Å². The molecule has 0 unspecified atom stereocenters. The summed E-state index contributed by atoms with van der Waals surface area (Å²) in [6.07, 6.45) is 0. The number of nitrogens with zero attached hydrogens (tertiary/aromatic N) is 2. The maximum Gasteiger partial charge on any atom is 0.170 e. The van der Waals surface area contributed by atoms with E-state index in [9.17, 15) is 0 Å². The van der Waals surface area contributed by atoms with Crippen molar-refractivity contribution in [2.45, 2.75) is 6.92 Å². The molecule has 2 aromatic rings. The lowest BCUT2D eigenvalue weighted by atomic mass is 10.1. The molecule has 4 nitrogen and oxygen atoms in total. The van der Waals surface area contributed by atoms with Gasteiger partial charge >= 0.3 is 0 Å². The Kier molecular flexibility index (Phi) is 4.15. The lowest BCUT2D eigenvalue weighted by molar-refractivity contribution is 0.318. The van der Waals surface area contributed by atoms with Gasteiger partial charge in [0, 0.05) is 18.3 Å². The van der Waals surface area contributed by atoms with E-state index in [1.54, 1.807) is 12.1 Å². The Balaban J connectivity index is 2.35. The summed E-state index contributed by atoms with van der Waals surface area (Å²) in [7, 11) is 1.94. The maximum absolute atomic E-state index is 8.67. The van der Waals surface area contributed by atoms with Crippen LogP contribution in [0.4, 0.5) is 11.4 Å². The first-order valence-corrected chi connectivity index (χ1v) is 6.48. The summed E-state index contributed by atoms with van der Waals surface area (Å²) in [4.78, 5) is 1.98. The van der Waals surface area contributed by atoms with E-state index in [2.05, 4.69) is 5.16 Å². The molecule has 0 spiro atoms. The highest BCUT2D eigenvalue weighted by Crippen LogP contribution is 2.31. The molecule has 0 aliphatic rings. The zero-order valence-electron chi connectivity index (χ0n) is 11.3. The summed E-state index contributed by atoms with van der Waals surface area (Å²) in [5, 5.41) is 12.2. The normalized spacial score (nSPS) is 11.4. The lowest BCUT2D eigenvalue weighted by Crippen LogP contribution is -2.14. The van der Waals surface area contributed by atoms with Gasteiger partial charge in [0.25, 0.3) is 0 Å². The summed E-state index contributed by atoms with van der Waals surface area (Å²) in [5.74, 6) is 0.0384. The van der Waals surface area contributed by atoms with Gasteiger partial charge in [-0.2, -0.15) is 0 Å². The molecule has 0 atom stereocenters.